The molecule has 0 unspecified atom stereocenters. The van der Waals surface area contributed by atoms with Crippen molar-refractivity contribution in [3.8, 4) is 23.4 Å². The number of aromatic nitrogens is 1. The van der Waals surface area contributed by atoms with Crippen LogP contribution in [0.3, 0.4) is 0 Å². The molecule has 0 aliphatic carbocycles. The second-order valence-corrected chi connectivity index (χ2v) is 6.82. The first kappa shape index (κ1) is 24.9. The van der Waals surface area contributed by atoms with Crippen molar-refractivity contribution in [2.24, 2.45) is 0 Å². The Morgan fingerprint density at radius 1 is 1.09 bits per heavy atom. The van der Waals surface area contributed by atoms with Gasteiger partial charge in [0.1, 0.15) is 23.1 Å². The summed E-state index contributed by atoms with van der Waals surface area (Å²) in [6, 6.07) is 11.5. The van der Waals surface area contributed by atoms with Gasteiger partial charge in [-0.1, -0.05) is 11.8 Å². The molecular weight excluding hydrogens is 460 g/mol. The first-order valence-electron chi connectivity index (χ1n) is 9.31. The Hall–Kier alpha value is -3.78. The predicted octanol–water partition coefficient (Wildman–Crippen LogP) is 1.23. The number of ether oxygens (including phenoxy) is 1. The molecular formula is C23H12F3N4NaO3. The predicted molar refractivity (Wildman–Crippen MR) is 111 cm³/mol. The quantitative estimate of drug-likeness (QED) is 0.340. The van der Waals surface area contributed by atoms with E-state index in [1.165, 1.54) is 18.2 Å². The number of fused-ring (bicyclic) bond motifs is 1. The zero-order valence-electron chi connectivity index (χ0n) is 17.5. The number of para-hydroxylation sites is 1. The molecule has 0 bridgehead atoms. The van der Waals surface area contributed by atoms with Gasteiger partial charge in [0.2, 0.25) is 5.88 Å². The van der Waals surface area contributed by atoms with E-state index in [0.29, 0.717) is 6.07 Å². The Kier molecular flexibility index (Phi) is 7.32. The van der Waals surface area contributed by atoms with E-state index < -0.39 is 29.1 Å². The van der Waals surface area contributed by atoms with Gasteiger partial charge in [0.05, 0.1) is 22.8 Å². The van der Waals surface area contributed by atoms with E-state index in [2.05, 4.69) is 10.3 Å². The van der Waals surface area contributed by atoms with Gasteiger partial charge in [-0.15, -0.1) is 0 Å². The van der Waals surface area contributed by atoms with Crippen LogP contribution in [0.4, 0.5) is 24.5 Å². The van der Waals surface area contributed by atoms with Crippen LogP contribution in [-0.2, 0) is 0 Å². The molecule has 164 valence electrons. The fourth-order valence-corrected chi connectivity index (χ4v) is 3.06. The number of anilines is 2. The van der Waals surface area contributed by atoms with Crippen molar-refractivity contribution in [3.05, 3.63) is 83.2 Å². The maximum Gasteiger partial charge on any atom is 1.00 e. The number of nitrogens with zero attached hydrogens (tertiary/aromatic N) is 2. The van der Waals surface area contributed by atoms with E-state index in [9.17, 15) is 28.3 Å². The summed E-state index contributed by atoms with van der Waals surface area (Å²) in [6.45, 7) is 0. The van der Waals surface area contributed by atoms with Gasteiger partial charge in [0, 0.05) is 23.1 Å². The molecule has 4 rings (SSSR count). The second-order valence-electron chi connectivity index (χ2n) is 6.82. The third-order valence-electron chi connectivity index (χ3n) is 4.66. The Balaban J connectivity index is 0.00000324. The number of halogens is 3. The van der Waals surface area contributed by atoms with Gasteiger partial charge in [0.15, 0.2) is 5.75 Å². The van der Waals surface area contributed by atoms with Gasteiger partial charge in [-0.05, 0) is 36.4 Å². The number of nitrogen functional groups attached to an aromatic ring is 1. The van der Waals surface area contributed by atoms with E-state index >= 15 is 0 Å². The number of amides is 1. The molecule has 0 spiro atoms. The summed E-state index contributed by atoms with van der Waals surface area (Å²) in [5, 5.41) is 23.7. The molecule has 0 aliphatic rings. The molecule has 3 aromatic carbocycles. The van der Waals surface area contributed by atoms with Crippen LogP contribution >= 0.6 is 0 Å². The van der Waals surface area contributed by atoms with Gasteiger partial charge in [0.25, 0.3) is 5.91 Å². The maximum atomic E-state index is 14.0. The zero-order valence-corrected chi connectivity index (χ0v) is 19.5. The minimum atomic E-state index is -1.01. The van der Waals surface area contributed by atoms with E-state index in [1.807, 2.05) is 0 Å². The average Bonchev–Trinajstić information content (AvgIpc) is 2.77. The minimum absolute atomic E-state index is 0. The second kappa shape index (κ2) is 10.0. The summed E-state index contributed by atoms with van der Waals surface area (Å²) in [5.74, 6) is -4.38. The van der Waals surface area contributed by atoms with Crippen molar-refractivity contribution in [2.75, 3.05) is 11.1 Å². The number of pyridine rings is 1. The van der Waals surface area contributed by atoms with Gasteiger partial charge in [-0.25, -0.2) is 18.2 Å². The Bertz CT molecular complexity index is 1470. The Morgan fingerprint density at radius 2 is 1.85 bits per heavy atom. The molecule has 4 aromatic rings. The molecule has 3 N–H and O–H groups in total. The van der Waals surface area contributed by atoms with Crippen LogP contribution in [0.5, 0.6) is 17.4 Å². The van der Waals surface area contributed by atoms with Crippen molar-refractivity contribution >= 4 is 28.2 Å². The molecule has 7 nitrogen and oxygen atoms in total. The number of nitrogens with one attached hydrogen (secondary N) is 1. The number of hydrogen-bond donors (Lipinski definition) is 2. The van der Waals surface area contributed by atoms with Crippen molar-refractivity contribution in [2.45, 2.75) is 0 Å². The van der Waals surface area contributed by atoms with Gasteiger partial charge < -0.3 is 20.9 Å². The summed E-state index contributed by atoms with van der Waals surface area (Å²) in [6.07, 6.45) is 0. The van der Waals surface area contributed by atoms with E-state index in [1.54, 1.807) is 6.07 Å². The molecule has 0 radical (unpaired) electrons. The standard InChI is InChI=1S/C23H13F3N4O3.Na/c24-12-4-5-17(16(26)7-12)30-23(32)14-8-21(33-20-3-1-2-15(25)22(20)28)29-18-9-19(31)11(10-27)6-13(14)18;/h1-9,31H,28H2,(H,30,32);/q;+1/p-1. The molecule has 0 saturated heterocycles. The molecule has 0 aliphatic heterocycles. The molecule has 11 heteroatoms. The summed E-state index contributed by atoms with van der Waals surface area (Å²) in [4.78, 5) is 17.1. The Labute approximate surface area is 212 Å². The van der Waals surface area contributed by atoms with Crippen LogP contribution in [0.25, 0.3) is 10.9 Å². The van der Waals surface area contributed by atoms with Crippen molar-refractivity contribution in [1.29, 1.82) is 5.26 Å². The largest absolute Gasteiger partial charge is 1.00 e. The number of carbonyl (C=O) groups is 1. The summed E-state index contributed by atoms with van der Waals surface area (Å²) < 4.78 is 46.5. The summed E-state index contributed by atoms with van der Waals surface area (Å²) in [5.41, 5.74) is 4.69. The fourth-order valence-electron chi connectivity index (χ4n) is 3.06. The SMILES string of the molecule is N#Cc1cc2c(C(=O)Nc3ccc(F)cc3F)cc(Oc3cccc(F)c3N)nc2cc1[O-].[Na+]. The van der Waals surface area contributed by atoms with Gasteiger partial charge >= 0.3 is 29.6 Å². The maximum absolute atomic E-state index is 14.0. The van der Waals surface area contributed by atoms with Crippen molar-refractivity contribution < 1.29 is 57.4 Å². The number of nitrogens with two attached hydrogens (primary N) is 1. The molecule has 0 fully saturated rings. The fraction of sp³-hybridized carbons (Fsp3) is 0. The Morgan fingerprint density at radius 3 is 2.56 bits per heavy atom. The molecule has 34 heavy (non-hydrogen) atoms. The summed E-state index contributed by atoms with van der Waals surface area (Å²) >= 11 is 0. The first-order chi connectivity index (χ1) is 15.8. The molecule has 1 aromatic heterocycles. The molecule has 1 amide bonds. The molecule has 1 heterocycles. The normalized spacial score (nSPS) is 10.3. The van der Waals surface area contributed by atoms with Crippen LogP contribution in [0.15, 0.2) is 54.6 Å². The summed E-state index contributed by atoms with van der Waals surface area (Å²) in [7, 11) is 0. The van der Waals surface area contributed by atoms with Crippen molar-refractivity contribution in [1.82, 2.24) is 4.98 Å². The van der Waals surface area contributed by atoms with Crippen molar-refractivity contribution in [3.63, 3.8) is 0 Å². The molecule has 0 atom stereocenters. The third-order valence-corrected chi connectivity index (χ3v) is 4.66. The number of rotatable bonds is 4. The number of carbonyl (C=O) groups excluding carboxylic acids is 1. The number of nitriles is 1. The van der Waals surface area contributed by atoms with E-state index in [0.717, 1.165) is 30.3 Å². The minimum Gasteiger partial charge on any atom is -0.872 e. The monoisotopic (exact) mass is 472 g/mol. The average molecular weight is 472 g/mol. The first-order valence-corrected chi connectivity index (χ1v) is 9.31. The van der Waals surface area contributed by atoms with Crippen LogP contribution in [0, 0.1) is 28.8 Å². The number of hydrogen-bond acceptors (Lipinski definition) is 6. The third kappa shape index (κ3) is 4.92. The van der Waals surface area contributed by atoms with E-state index in [4.69, 9.17) is 10.5 Å². The number of benzene rings is 3. The van der Waals surface area contributed by atoms with Crippen LogP contribution in [0.1, 0.15) is 15.9 Å². The van der Waals surface area contributed by atoms with Crippen LogP contribution in [-0.4, -0.2) is 10.9 Å². The van der Waals surface area contributed by atoms with Gasteiger partial charge in [-0.3, -0.25) is 4.79 Å². The smallest absolute Gasteiger partial charge is 0.872 e. The van der Waals surface area contributed by atoms with E-state index in [-0.39, 0.29) is 74.6 Å². The molecule has 0 saturated carbocycles. The van der Waals surface area contributed by atoms with Crippen LogP contribution < -0.4 is 50.5 Å². The van der Waals surface area contributed by atoms with Gasteiger partial charge in [-0.2, -0.15) is 5.26 Å². The van der Waals surface area contributed by atoms with Crippen LogP contribution in [0.2, 0.25) is 0 Å². The topological polar surface area (TPSA) is 124 Å². The zero-order chi connectivity index (χ0) is 23.7.